The molecule has 1 rings (SSSR count). The Morgan fingerprint density at radius 2 is 2.36 bits per heavy atom. The molecule has 0 unspecified atom stereocenters. The minimum atomic E-state index is 0.948. The number of allylic oxidation sites excluding steroid dienone is 1. The van der Waals surface area contributed by atoms with E-state index < -0.39 is 0 Å². The van der Waals surface area contributed by atoms with Crippen molar-refractivity contribution in [2.24, 2.45) is 0 Å². The summed E-state index contributed by atoms with van der Waals surface area (Å²) in [5.41, 5.74) is 2.23. The van der Waals surface area contributed by atoms with Gasteiger partial charge in [0.05, 0.1) is 5.69 Å². The Bertz CT molecular complexity index is 229. The SMILES string of the molecule is C=C(C)CCc1cnccn1. The molecule has 1 heterocycles. The van der Waals surface area contributed by atoms with E-state index in [4.69, 9.17) is 0 Å². The summed E-state index contributed by atoms with van der Waals surface area (Å²) < 4.78 is 0. The van der Waals surface area contributed by atoms with Crippen LogP contribution in [-0.2, 0) is 6.42 Å². The summed E-state index contributed by atoms with van der Waals surface area (Å²) in [5.74, 6) is 0. The lowest BCUT2D eigenvalue weighted by Crippen LogP contribution is -1.90. The molecule has 0 radical (unpaired) electrons. The fourth-order valence-corrected chi connectivity index (χ4v) is 0.801. The molecule has 0 atom stereocenters. The van der Waals surface area contributed by atoms with E-state index in [0.29, 0.717) is 0 Å². The Morgan fingerprint density at radius 3 is 2.91 bits per heavy atom. The zero-order valence-electron chi connectivity index (χ0n) is 6.75. The van der Waals surface area contributed by atoms with E-state index >= 15 is 0 Å². The average Bonchev–Trinajstić information content (AvgIpc) is 2.03. The summed E-state index contributed by atoms with van der Waals surface area (Å²) in [6.45, 7) is 5.85. The highest BCUT2D eigenvalue weighted by Crippen LogP contribution is 2.02. The topological polar surface area (TPSA) is 25.8 Å². The van der Waals surface area contributed by atoms with Crippen LogP contribution >= 0.6 is 0 Å². The van der Waals surface area contributed by atoms with E-state index in [9.17, 15) is 0 Å². The van der Waals surface area contributed by atoms with Gasteiger partial charge in [0.1, 0.15) is 0 Å². The van der Waals surface area contributed by atoms with Crippen LogP contribution < -0.4 is 0 Å². The highest BCUT2D eigenvalue weighted by Gasteiger charge is 1.92. The van der Waals surface area contributed by atoms with Crippen molar-refractivity contribution in [2.45, 2.75) is 19.8 Å². The lowest BCUT2D eigenvalue weighted by Gasteiger charge is -1.97. The second-order valence-corrected chi connectivity index (χ2v) is 2.65. The smallest absolute Gasteiger partial charge is 0.0589 e. The zero-order valence-corrected chi connectivity index (χ0v) is 6.75. The van der Waals surface area contributed by atoms with Crippen LogP contribution in [0.2, 0.25) is 0 Å². The molecular formula is C9H12N2. The van der Waals surface area contributed by atoms with Gasteiger partial charge < -0.3 is 0 Å². The maximum absolute atomic E-state index is 4.15. The third-order valence-electron chi connectivity index (χ3n) is 1.42. The molecule has 11 heavy (non-hydrogen) atoms. The van der Waals surface area contributed by atoms with E-state index in [1.54, 1.807) is 18.6 Å². The van der Waals surface area contributed by atoms with Crippen molar-refractivity contribution in [3.05, 3.63) is 36.4 Å². The third kappa shape index (κ3) is 2.94. The van der Waals surface area contributed by atoms with Gasteiger partial charge in [-0.15, -0.1) is 6.58 Å². The number of aryl methyl sites for hydroxylation is 1. The van der Waals surface area contributed by atoms with Crippen molar-refractivity contribution in [1.29, 1.82) is 0 Å². The second kappa shape index (κ2) is 3.86. The minimum absolute atomic E-state index is 0.948. The molecule has 0 N–H and O–H groups in total. The van der Waals surface area contributed by atoms with Crippen LogP contribution in [0.4, 0.5) is 0 Å². The first-order chi connectivity index (χ1) is 5.29. The Kier molecular flexibility index (Phi) is 2.78. The third-order valence-corrected chi connectivity index (χ3v) is 1.42. The van der Waals surface area contributed by atoms with Crippen molar-refractivity contribution in [3.63, 3.8) is 0 Å². The number of aromatic nitrogens is 2. The molecule has 0 aromatic carbocycles. The van der Waals surface area contributed by atoms with Gasteiger partial charge in [0.25, 0.3) is 0 Å². The molecule has 0 fully saturated rings. The molecule has 58 valence electrons. The minimum Gasteiger partial charge on any atom is -0.261 e. The summed E-state index contributed by atoms with van der Waals surface area (Å²) in [6.07, 6.45) is 7.14. The maximum Gasteiger partial charge on any atom is 0.0589 e. The van der Waals surface area contributed by atoms with Gasteiger partial charge in [0, 0.05) is 18.6 Å². The van der Waals surface area contributed by atoms with E-state index in [2.05, 4.69) is 16.5 Å². The molecule has 0 aliphatic rings. The van der Waals surface area contributed by atoms with Gasteiger partial charge in [-0.1, -0.05) is 5.57 Å². The second-order valence-electron chi connectivity index (χ2n) is 2.65. The zero-order chi connectivity index (χ0) is 8.10. The standard InChI is InChI=1S/C9H12N2/c1-8(2)3-4-9-7-10-5-6-11-9/h5-7H,1,3-4H2,2H3. The number of hydrogen-bond donors (Lipinski definition) is 0. The Morgan fingerprint density at radius 1 is 1.55 bits per heavy atom. The van der Waals surface area contributed by atoms with Crippen molar-refractivity contribution >= 4 is 0 Å². The molecule has 0 aliphatic carbocycles. The molecule has 2 nitrogen and oxygen atoms in total. The first-order valence-electron chi connectivity index (χ1n) is 3.68. The molecular weight excluding hydrogens is 136 g/mol. The molecule has 0 aliphatic heterocycles. The fraction of sp³-hybridized carbons (Fsp3) is 0.333. The van der Waals surface area contributed by atoms with Crippen molar-refractivity contribution in [2.75, 3.05) is 0 Å². The van der Waals surface area contributed by atoms with Crippen LogP contribution in [0, 0.1) is 0 Å². The molecule has 2 heteroatoms. The Labute approximate surface area is 67.0 Å². The average molecular weight is 148 g/mol. The molecule has 1 aromatic heterocycles. The van der Waals surface area contributed by atoms with Crippen LogP contribution in [0.5, 0.6) is 0 Å². The van der Waals surface area contributed by atoms with Gasteiger partial charge in [0.15, 0.2) is 0 Å². The monoisotopic (exact) mass is 148 g/mol. The molecule has 1 aromatic rings. The molecule has 0 saturated carbocycles. The van der Waals surface area contributed by atoms with Crippen LogP contribution in [-0.4, -0.2) is 9.97 Å². The highest BCUT2D eigenvalue weighted by atomic mass is 14.8. The van der Waals surface area contributed by atoms with Crippen LogP contribution in [0.3, 0.4) is 0 Å². The van der Waals surface area contributed by atoms with E-state index in [1.807, 2.05) is 6.92 Å². The van der Waals surface area contributed by atoms with Crippen LogP contribution in [0.25, 0.3) is 0 Å². The number of rotatable bonds is 3. The van der Waals surface area contributed by atoms with Crippen molar-refractivity contribution in [3.8, 4) is 0 Å². The van der Waals surface area contributed by atoms with Gasteiger partial charge in [-0.3, -0.25) is 9.97 Å². The summed E-state index contributed by atoms with van der Waals surface area (Å²) in [4.78, 5) is 8.12. The Balaban J connectivity index is 2.45. The van der Waals surface area contributed by atoms with E-state index in [-0.39, 0.29) is 0 Å². The largest absolute Gasteiger partial charge is 0.261 e. The van der Waals surface area contributed by atoms with E-state index in [1.165, 1.54) is 5.57 Å². The maximum atomic E-state index is 4.15. The van der Waals surface area contributed by atoms with Gasteiger partial charge in [0.2, 0.25) is 0 Å². The van der Waals surface area contributed by atoms with Crippen LogP contribution in [0.1, 0.15) is 19.0 Å². The summed E-state index contributed by atoms with van der Waals surface area (Å²) in [7, 11) is 0. The number of hydrogen-bond acceptors (Lipinski definition) is 2. The first-order valence-corrected chi connectivity index (χ1v) is 3.68. The molecule has 0 saturated heterocycles. The number of nitrogens with zero attached hydrogens (tertiary/aromatic N) is 2. The lowest BCUT2D eigenvalue weighted by molar-refractivity contribution is 0.890. The predicted octanol–water partition coefficient (Wildman–Crippen LogP) is 1.99. The molecule has 0 spiro atoms. The summed E-state index contributed by atoms with van der Waals surface area (Å²) in [5, 5.41) is 0. The molecule has 0 bridgehead atoms. The van der Waals surface area contributed by atoms with Crippen LogP contribution in [0.15, 0.2) is 30.7 Å². The van der Waals surface area contributed by atoms with Gasteiger partial charge in [-0.25, -0.2) is 0 Å². The van der Waals surface area contributed by atoms with Gasteiger partial charge in [-0.2, -0.15) is 0 Å². The van der Waals surface area contributed by atoms with Crippen molar-refractivity contribution < 1.29 is 0 Å². The van der Waals surface area contributed by atoms with Gasteiger partial charge in [-0.05, 0) is 19.8 Å². The fourth-order valence-electron chi connectivity index (χ4n) is 0.801. The van der Waals surface area contributed by atoms with Gasteiger partial charge >= 0.3 is 0 Å². The van der Waals surface area contributed by atoms with Crippen molar-refractivity contribution in [1.82, 2.24) is 9.97 Å². The Hall–Kier alpha value is -1.18. The summed E-state index contributed by atoms with van der Waals surface area (Å²) >= 11 is 0. The van der Waals surface area contributed by atoms with E-state index in [0.717, 1.165) is 18.5 Å². The first kappa shape index (κ1) is 7.92. The summed E-state index contributed by atoms with van der Waals surface area (Å²) in [6, 6.07) is 0. The quantitative estimate of drug-likeness (QED) is 0.612. The normalized spacial score (nSPS) is 9.55. The highest BCUT2D eigenvalue weighted by molar-refractivity contribution is 4.99. The predicted molar refractivity (Wildman–Crippen MR) is 45.2 cm³/mol. The lowest BCUT2D eigenvalue weighted by atomic mass is 10.1. The molecule has 0 amide bonds.